The van der Waals surface area contributed by atoms with Crippen LogP contribution in [0.1, 0.15) is 46.1 Å². The fourth-order valence-electron chi connectivity index (χ4n) is 3.47. The van der Waals surface area contributed by atoms with Crippen LogP contribution < -0.4 is 5.73 Å². The maximum absolute atomic E-state index is 13.6. The van der Waals surface area contributed by atoms with E-state index in [1.807, 2.05) is 62.4 Å². The van der Waals surface area contributed by atoms with Gasteiger partial charge in [0.15, 0.2) is 0 Å². The van der Waals surface area contributed by atoms with Gasteiger partial charge in [0.25, 0.3) is 5.91 Å². The lowest BCUT2D eigenvalue weighted by atomic mass is 9.97. The Morgan fingerprint density at radius 2 is 1.55 bits per heavy atom. The van der Waals surface area contributed by atoms with Gasteiger partial charge in [-0.05, 0) is 49.2 Å². The lowest BCUT2D eigenvalue weighted by Crippen LogP contribution is -2.43. The molecule has 4 nitrogen and oxygen atoms in total. The van der Waals surface area contributed by atoms with Crippen LogP contribution >= 0.6 is 11.6 Å². The molecule has 0 radical (unpaired) electrons. The minimum atomic E-state index is -0.918. The highest BCUT2D eigenvalue weighted by Crippen LogP contribution is 2.33. The van der Waals surface area contributed by atoms with Crippen LogP contribution in [0.5, 0.6) is 0 Å². The number of benzene rings is 3. The molecule has 0 spiro atoms. The molecule has 0 unspecified atom stereocenters. The van der Waals surface area contributed by atoms with Gasteiger partial charge >= 0.3 is 0 Å². The highest BCUT2D eigenvalue weighted by atomic mass is 35.5. The van der Waals surface area contributed by atoms with Crippen molar-refractivity contribution in [3.63, 3.8) is 0 Å². The van der Waals surface area contributed by atoms with Crippen molar-refractivity contribution < 1.29 is 9.59 Å². The van der Waals surface area contributed by atoms with E-state index < -0.39 is 18.0 Å². The average molecular weight is 407 g/mol. The van der Waals surface area contributed by atoms with E-state index in [0.29, 0.717) is 16.1 Å². The molecule has 2 amide bonds. The molecule has 2 atom stereocenters. The third-order valence-electron chi connectivity index (χ3n) is 4.91. The number of halogens is 1. The number of carbonyl (C=O) groups excluding carboxylic acids is 2. The van der Waals surface area contributed by atoms with Gasteiger partial charge in [0, 0.05) is 10.6 Å². The summed E-state index contributed by atoms with van der Waals surface area (Å²) < 4.78 is 0. The SMILES string of the molecule is Cc1cccc(C(=O)N([C@H](C)c2cccc(Cl)c2)[C@H](C(N)=O)c2ccccc2)c1. The first-order chi connectivity index (χ1) is 13.9. The molecule has 0 bridgehead atoms. The van der Waals surface area contributed by atoms with E-state index in [-0.39, 0.29) is 5.91 Å². The number of aryl methyl sites for hydroxylation is 1. The zero-order valence-electron chi connectivity index (χ0n) is 16.4. The van der Waals surface area contributed by atoms with Gasteiger partial charge in [-0.3, -0.25) is 9.59 Å². The Bertz CT molecular complexity index is 1020. The van der Waals surface area contributed by atoms with Crippen LogP contribution in [0.4, 0.5) is 0 Å². The quantitative estimate of drug-likeness (QED) is 0.620. The summed E-state index contributed by atoms with van der Waals surface area (Å²) in [4.78, 5) is 27.7. The van der Waals surface area contributed by atoms with Crippen molar-refractivity contribution >= 4 is 23.4 Å². The van der Waals surface area contributed by atoms with E-state index >= 15 is 0 Å². The summed E-state index contributed by atoms with van der Waals surface area (Å²) in [5.41, 5.74) is 8.75. The number of hydrogen-bond acceptors (Lipinski definition) is 2. The van der Waals surface area contributed by atoms with Crippen LogP contribution in [0.2, 0.25) is 5.02 Å². The third kappa shape index (κ3) is 4.66. The van der Waals surface area contributed by atoms with Gasteiger partial charge in [0.1, 0.15) is 6.04 Å². The Morgan fingerprint density at radius 1 is 0.897 bits per heavy atom. The van der Waals surface area contributed by atoms with E-state index in [4.69, 9.17) is 17.3 Å². The molecule has 29 heavy (non-hydrogen) atoms. The molecule has 3 aromatic rings. The van der Waals surface area contributed by atoms with Gasteiger partial charge in [0.2, 0.25) is 5.91 Å². The first kappa shape index (κ1) is 20.6. The molecule has 3 aromatic carbocycles. The van der Waals surface area contributed by atoms with E-state index in [2.05, 4.69) is 0 Å². The summed E-state index contributed by atoms with van der Waals surface area (Å²) in [6, 6.07) is 22.3. The van der Waals surface area contributed by atoms with E-state index in [1.165, 1.54) is 4.90 Å². The molecule has 5 heteroatoms. The van der Waals surface area contributed by atoms with Crippen molar-refractivity contribution in [2.45, 2.75) is 25.9 Å². The molecule has 2 N–H and O–H groups in total. The van der Waals surface area contributed by atoms with Crippen LogP contribution in [0.3, 0.4) is 0 Å². The lowest BCUT2D eigenvalue weighted by Gasteiger charge is -2.35. The van der Waals surface area contributed by atoms with Gasteiger partial charge in [-0.1, -0.05) is 71.8 Å². The second-order valence-corrected chi connectivity index (χ2v) is 7.46. The fraction of sp³-hybridized carbons (Fsp3) is 0.167. The summed E-state index contributed by atoms with van der Waals surface area (Å²) in [6.45, 7) is 3.79. The predicted octanol–water partition coefficient (Wildman–Crippen LogP) is 5.08. The Morgan fingerprint density at radius 3 is 2.17 bits per heavy atom. The summed E-state index contributed by atoms with van der Waals surface area (Å²) in [5, 5.41) is 0.563. The number of rotatable bonds is 6. The van der Waals surface area contributed by atoms with Crippen molar-refractivity contribution in [1.29, 1.82) is 0 Å². The molecule has 0 saturated heterocycles. The minimum Gasteiger partial charge on any atom is -0.368 e. The zero-order valence-corrected chi connectivity index (χ0v) is 17.1. The van der Waals surface area contributed by atoms with Gasteiger partial charge in [-0.25, -0.2) is 0 Å². The highest BCUT2D eigenvalue weighted by molar-refractivity contribution is 6.30. The molecule has 0 saturated carbocycles. The van der Waals surface area contributed by atoms with Gasteiger partial charge in [-0.15, -0.1) is 0 Å². The van der Waals surface area contributed by atoms with E-state index in [9.17, 15) is 9.59 Å². The molecule has 0 aliphatic heterocycles. The van der Waals surface area contributed by atoms with Gasteiger partial charge < -0.3 is 10.6 Å². The first-order valence-corrected chi connectivity index (χ1v) is 9.75. The van der Waals surface area contributed by atoms with Crippen molar-refractivity contribution in [2.75, 3.05) is 0 Å². The Hall–Kier alpha value is -3.11. The van der Waals surface area contributed by atoms with E-state index in [1.54, 1.807) is 30.3 Å². The number of nitrogens with two attached hydrogens (primary N) is 1. The second kappa shape index (κ2) is 8.93. The fourth-order valence-corrected chi connectivity index (χ4v) is 3.67. The third-order valence-corrected chi connectivity index (χ3v) is 5.15. The van der Waals surface area contributed by atoms with Crippen LogP contribution in [0.15, 0.2) is 78.9 Å². The standard InChI is InChI=1S/C24H23ClN2O2/c1-16-8-6-12-20(14-16)24(29)27(17(2)19-11-7-13-21(25)15-19)22(23(26)28)18-9-4-3-5-10-18/h3-15,17,22H,1-2H3,(H2,26,28)/t17-,22+/m1/s1. The molecule has 0 aliphatic carbocycles. The van der Waals surface area contributed by atoms with Crippen LogP contribution in [0.25, 0.3) is 0 Å². The van der Waals surface area contributed by atoms with E-state index in [0.717, 1.165) is 11.1 Å². The predicted molar refractivity (Wildman–Crippen MR) is 116 cm³/mol. The monoisotopic (exact) mass is 406 g/mol. The van der Waals surface area contributed by atoms with Crippen molar-refractivity contribution in [3.8, 4) is 0 Å². The molecule has 3 rings (SSSR count). The van der Waals surface area contributed by atoms with Crippen molar-refractivity contribution in [2.24, 2.45) is 5.73 Å². The maximum Gasteiger partial charge on any atom is 0.255 e. The molecule has 0 aliphatic rings. The maximum atomic E-state index is 13.6. The Labute approximate surface area is 175 Å². The molecule has 148 valence electrons. The first-order valence-electron chi connectivity index (χ1n) is 9.37. The molecule has 0 heterocycles. The Balaban J connectivity index is 2.14. The number of amides is 2. The van der Waals surface area contributed by atoms with Crippen molar-refractivity contribution in [3.05, 3.63) is 106 Å². The smallest absolute Gasteiger partial charge is 0.255 e. The molecular weight excluding hydrogens is 384 g/mol. The minimum absolute atomic E-state index is 0.270. The Kier molecular flexibility index (Phi) is 6.35. The van der Waals surface area contributed by atoms with Gasteiger partial charge in [0.05, 0.1) is 6.04 Å². The molecular formula is C24H23ClN2O2. The molecule has 0 aromatic heterocycles. The second-order valence-electron chi connectivity index (χ2n) is 7.03. The average Bonchev–Trinajstić information content (AvgIpc) is 2.71. The molecule has 0 fully saturated rings. The number of nitrogens with zero attached hydrogens (tertiary/aromatic N) is 1. The lowest BCUT2D eigenvalue weighted by molar-refractivity contribution is -0.123. The normalized spacial score (nSPS) is 12.8. The largest absolute Gasteiger partial charge is 0.368 e. The number of carbonyl (C=O) groups is 2. The van der Waals surface area contributed by atoms with Crippen LogP contribution in [-0.2, 0) is 4.79 Å². The summed E-state index contributed by atoms with van der Waals surface area (Å²) >= 11 is 6.18. The highest BCUT2D eigenvalue weighted by Gasteiger charge is 2.34. The summed E-state index contributed by atoms with van der Waals surface area (Å²) in [7, 11) is 0. The summed E-state index contributed by atoms with van der Waals surface area (Å²) in [6.07, 6.45) is 0. The van der Waals surface area contributed by atoms with Crippen molar-refractivity contribution in [1.82, 2.24) is 4.90 Å². The van der Waals surface area contributed by atoms with Crippen LogP contribution in [-0.4, -0.2) is 16.7 Å². The number of hydrogen-bond donors (Lipinski definition) is 1. The van der Waals surface area contributed by atoms with Crippen LogP contribution in [0, 0.1) is 6.92 Å². The number of primary amides is 1. The topological polar surface area (TPSA) is 63.4 Å². The van der Waals surface area contributed by atoms with Gasteiger partial charge in [-0.2, -0.15) is 0 Å². The summed E-state index contributed by atoms with van der Waals surface area (Å²) in [5.74, 6) is -0.861. The zero-order chi connectivity index (χ0) is 21.0.